The Hall–Kier alpha value is -1.61. The van der Waals surface area contributed by atoms with Crippen LogP contribution in [-0.2, 0) is 11.3 Å². The molecule has 0 bridgehead atoms. The van der Waals surface area contributed by atoms with Crippen molar-refractivity contribution in [1.29, 1.82) is 0 Å². The number of likely N-dealkylation sites (N-methyl/N-ethyl adjacent to an activating group) is 1. The lowest BCUT2D eigenvalue weighted by molar-refractivity contribution is -0.132. The van der Waals surface area contributed by atoms with E-state index in [1.807, 2.05) is 14.0 Å². The molecule has 0 radical (unpaired) electrons. The third-order valence-electron chi connectivity index (χ3n) is 2.88. The lowest BCUT2D eigenvalue weighted by Crippen LogP contribution is -2.18. The van der Waals surface area contributed by atoms with Gasteiger partial charge in [0.2, 0.25) is 0 Å². The summed E-state index contributed by atoms with van der Waals surface area (Å²) >= 11 is 0. The largest absolute Gasteiger partial charge is 0.478 e. The third kappa shape index (κ3) is 4.72. The van der Waals surface area contributed by atoms with E-state index >= 15 is 0 Å². The molecule has 3 nitrogen and oxygen atoms in total. The molecule has 0 unspecified atom stereocenters. The summed E-state index contributed by atoms with van der Waals surface area (Å²) in [7, 11) is 1.99. The molecule has 0 aliphatic rings. The number of nitrogens with zero attached hydrogens (tertiary/aromatic N) is 1. The van der Waals surface area contributed by atoms with Gasteiger partial charge in [-0.2, -0.15) is 0 Å². The Morgan fingerprint density at radius 1 is 1.33 bits per heavy atom. The zero-order chi connectivity index (χ0) is 13.5. The molecule has 0 aromatic heterocycles. The average molecular weight is 247 g/mol. The number of carboxylic acid groups (broad SMARTS) is 1. The number of carbonyl (C=O) groups is 1. The summed E-state index contributed by atoms with van der Waals surface area (Å²) in [4.78, 5) is 13.0. The molecule has 0 aliphatic heterocycles. The highest BCUT2D eigenvalue weighted by Gasteiger charge is 2.04. The van der Waals surface area contributed by atoms with E-state index in [-0.39, 0.29) is 0 Å². The fourth-order valence-electron chi connectivity index (χ4n) is 1.72. The summed E-state index contributed by atoms with van der Waals surface area (Å²) in [6.07, 6.45) is 2.35. The van der Waals surface area contributed by atoms with Gasteiger partial charge in [0.1, 0.15) is 0 Å². The van der Waals surface area contributed by atoms with Crippen LogP contribution in [0.15, 0.2) is 35.9 Å². The van der Waals surface area contributed by atoms with Crippen LogP contribution >= 0.6 is 0 Å². The summed E-state index contributed by atoms with van der Waals surface area (Å²) in [5.41, 5.74) is 2.97. The molecule has 1 aromatic carbocycles. The number of benzene rings is 1. The smallest absolute Gasteiger partial charge is 0.331 e. The molecule has 1 aromatic rings. The van der Waals surface area contributed by atoms with Crippen molar-refractivity contribution in [1.82, 2.24) is 4.90 Å². The quantitative estimate of drug-likeness (QED) is 0.786. The summed E-state index contributed by atoms with van der Waals surface area (Å²) in [5.74, 6) is -0.818. The van der Waals surface area contributed by atoms with Gasteiger partial charge in [-0.05, 0) is 26.0 Å². The van der Waals surface area contributed by atoms with Gasteiger partial charge in [-0.15, -0.1) is 0 Å². The molecule has 0 spiro atoms. The zero-order valence-corrected chi connectivity index (χ0v) is 11.3. The average Bonchev–Trinajstić information content (AvgIpc) is 2.32. The Morgan fingerprint density at radius 3 is 2.44 bits per heavy atom. The number of aryl methyl sites for hydroxylation is 1. The van der Waals surface area contributed by atoms with E-state index in [1.54, 1.807) is 6.08 Å². The van der Waals surface area contributed by atoms with E-state index in [1.165, 1.54) is 11.1 Å². The topological polar surface area (TPSA) is 40.5 Å². The van der Waals surface area contributed by atoms with Gasteiger partial charge in [0.25, 0.3) is 0 Å². The Labute approximate surface area is 109 Å². The van der Waals surface area contributed by atoms with E-state index < -0.39 is 5.97 Å². The molecule has 1 rings (SSSR count). The van der Waals surface area contributed by atoms with Crippen LogP contribution in [0.1, 0.15) is 24.5 Å². The Bertz CT molecular complexity index is 421. The summed E-state index contributed by atoms with van der Waals surface area (Å²) in [6, 6.07) is 8.39. The van der Waals surface area contributed by atoms with Crippen LogP contribution in [0.3, 0.4) is 0 Å². The van der Waals surface area contributed by atoms with E-state index in [9.17, 15) is 4.79 Å². The number of rotatable bonds is 6. The van der Waals surface area contributed by atoms with E-state index in [4.69, 9.17) is 5.11 Å². The van der Waals surface area contributed by atoms with Crippen molar-refractivity contribution < 1.29 is 9.90 Å². The molecule has 0 saturated heterocycles. The number of aliphatic carboxylic acids is 1. The van der Waals surface area contributed by atoms with E-state index in [0.29, 0.717) is 18.5 Å². The van der Waals surface area contributed by atoms with E-state index in [2.05, 4.69) is 36.1 Å². The maximum absolute atomic E-state index is 10.9. The van der Waals surface area contributed by atoms with Gasteiger partial charge in [0, 0.05) is 18.7 Å². The Morgan fingerprint density at radius 2 is 1.94 bits per heavy atom. The van der Waals surface area contributed by atoms with Crippen LogP contribution in [0.2, 0.25) is 0 Å². The predicted molar refractivity (Wildman–Crippen MR) is 73.5 cm³/mol. The SMILES string of the molecule is CCC(=CCN(C)Cc1ccc(C)cc1)C(=O)O. The molecule has 18 heavy (non-hydrogen) atoms. The van der Waals surface area contributed by atoms with Crippen molar-refractivity contribution in [3.63, 3.8) is 0 Å². The molecule has 0 heterocycles. The van der Waals surface area contributed by atoms with Crippen LogP contribution in [0.4, 0.5) is 0 Å². The molecule has 0 aliphatic carbocycles. The van der Waals surface area contributed by atoms with Crippen molar-refractivity contribution in [2.75, 3.05) is 13.6 Å². The molecule has 0 saturated carbocycles. The standard InChI is InChI=1S/C15H21NO2/c1-4-14(15(17)18)9-10-16(3)11-13-7-5-12(2)6-8-13/h5-9H,4,10-11H2,1-3H3,(H,17,18). The van der Waals surface area contributed by atoms with Crippen LogP contribution < -0.4 is 0 Å². The maximum Gasteiger partial charge on any atom is 0.331 e. The van der Waals surface area contributed by atoms with E-state index in [0.717, 1.165) is 6.54 Å². The van der Waals surface area contributed by atoms with Gasteiger partial charge in [0.05, 0.1) is 0 Å². The molecular weight excluding hydrogens is 226 g/mol. The first-order valence-corrected chi connectivity index (χ1v) is 6.19. The van der Waals surface area contributed by atoms with Crippen molar-refractivity contribution in [3.05, 3.63) is 47.0 Å². The molecule has 1 N–H and O–H groups in total. The lowest BCUT2D eigenvalue weighted by Gasteiger charge is -2.15. The van der Waals surface area contributed by atoms with Crippen LogP contribution in [0, 0.1) is 6.92 Å². The predicted octanol–water partition coefficient (Wildman–Crippen LogP) is 2.85. The van der Waals surface area contributed by atoms with Gasteiger partial charge in [-0.25, -0.2) is 4.79 Å². The summed E-state index contributed by atoms with van der Waals surface area (Å²) in [6.45, 7) is 5.41. The van der Waals surface area contributed by atoms with Crippen LogP contribution in [0.25, 0.3) is 0 Å². The fraction of sp³-hybridized carbons (Fsp3) is 0.400. The minimum atomic E-state index is -0.818. The molecule has 0 amide bonds. The summed E-state index contributed by atoms with van der Waals surface area (Å²) < 4.78 is 0. The molecule has 0 fully saturated rings. The Balaban J connectivity index is 2.53. The number of hydrogen-bond donors (Lipinski definition) is 1. The van der Waals surface area contributed by atoms with Crippen LogP contribution in [0.5, 0.6) is 0 Å². The van der Waals surface area contributed by atoms with Gasteiger partial charge >= 0.3 is 5.97 Å². The normalized spacial score (nSPS) is 11.9. The van der Waals surface area contributed by atoms with Gasteiger partial charge in [0.15, 0.2) is 0 Å². The first kappa shape index (κ1) is 14.5. The molecule has 0 atom stereocenters. The second-order valence-corrected chi connectivity index (χ2v) is 4.57. The van der Waals surface area contributed by atoms with Gasteiger partial charge in [-0.3, -0.25) is 4.90 Å². The highest BCUT2D eigenvalue weighted by molar-refractivity contribution is 5.86. The number of hydrogen-bond acceptors (Lipinski definition) is 2. The second kappa shape index (κ2) is 6.97. The van der Waals surface area contributed by atoms with Crippen molar-refractivity contribution in [3.8, 4) is 0 Å². The van der Waals surface area contributed by atoms with Crippen molar-refractivity contribution in [2.24, 2.45) is 0 Å². The minimum absolute atomic E-state index is 0.478. The highest BCUT2D eigenvalue weighted by Crippen LogP contribution is 2.07. The van der Waals surface area contributed by atoms with Crippen LogP contribution in [-0.4, -0.2) is 29.6 Å². The molecular formula is C15H21NO2. The Kier molecular flexibility index (Phi) is 5.59. The minimum Gasteiger partial charge on any atom is -0.478 e. The first-order valence-electron chi connectivity index (χ1n) is 6.19. The van der Waals surface area contributed by atoms with Gasteiger partial charge in [-0.1, -0.05) is 42.8 Å². The van der Waals surface area contributed by atoms with Gasteiger partial charge < -0.3 is 5.11 Å². The maximum atomic E-state index is 10.9. The lowest BCUT2D eigenvalue weighted by atomic mass is 10.1. The number of carboxylic acids is 1. The highest BCUT2D eigenvalue weighted by atomic mass is 16.4. The molecule has 3 heteroatoms. The first-order chi connectivity index (χ1) is 8.52. The van der Waals surface area contributed by atoms with Crippen molar-refractivity contribution >= 4 is 5.97 Å². The molecule has 98 valence electrons. The monoisotopic (exact) mass is 247 g/mol. The zero-order valence-electron chi connectivity index (χ0n) is 11.3. The third-order valence-corrected chi connectivity index (χ3v) is 2.88. The fourth-order valence-corrected chi connectivity index (χ4v) is 1.72. The second-order valence-electron chi connectivity index (χ2n) is 4.57. The van der Waals surface area contributed by atoms with Crippen molar-refractivity contribution in [2.45, 2.75) is 26.8 Å². The summed E-state index contributed by atoms with van der Waals surface area (Å²) in [5, 5.41) is 8.92.